The Labute approximate surface area is 113 Å². The van der Waals surface area contributed by atoms with E-state index in [2.05, 4.69) is 13.8 Å². The van der Waals surface area contributed by atoms with Gasteiger partial charge in [-0.15, -0.1) is 0 Å². The van der Waals surface area contributed by atoms with Crippen molar-refractivity contribution in [3.05, 3.63) is 29.6 Å². The Bertz CT molecular complexity index is 446. The van der Waals surface area contributed by atoms with Crippen LogP contribution < -0.4 is 10.5 Å². The molecule has 0 amide bonds. The predicted octanol–water partition coefficient (Wildman–Crippen LogP) is 3.18. The summed E-state index contributed by atoms with van der Waals surface area (Å²) in [6, 6.07) is 4.19. The summed E-state index contributed by atoms with van der Waals surface area (Å²) >= 11 is 0. The summed E-state index contributed by atoms with van der Waals surface area (Å²) in [5.41, 5.74) is 6.46. The van der Waals surface area contributed by atoms with Crippen molar-refractivity contribution >= 4 is 0 Å². The highest BCUT2D eigenvalue weighted by molar-refractivity contribution is 5.36. The van der Waals surface area contributed by atoms with Crippen LogP contribution in [0.15, 0.2) is 18.2 Å². The molecule has 0 spiro atoms. The number of hydrogen-bond donors (Lipinski definition) is 1. The highest BCUT2D eigenvalue weighted by atomic mass is 19.1. The normalized spacial score (nSPS) is 23.3. The first-order chi connectivity index (χ1) is 8.87. The van der Waals surface area contributed by atoms with Gasteiger partial charge in [-0.05, 0) is 51.8 Å². The molecule has 4 heteroatoms. The van der Waals surface area contributed by atoms with Crippen molar-refractivity contribution < 1.29 is 13.9 Å². The summed E-state index contributed by atoms with van der Waals surface area (Å²) in [4.78, 5) is 0. The Balaban J connectivity index is 2.00. The molecule has 3 nitrogen and oxygen atoms in total. The molecule has 2 unspecified atom stereocenters. The molecule has 1 fully saturated rings. The molecule has 2 atom stereocenters. The first-order valence-corrected chi connectivity index (χ1v) is 6.73. The van der Waals surface area contributed by atoms with E-state index in [4.69, 9.17) is 15.2 Å². The number of rotatable bonds is 4. The monoisotopic (exact) mass is 267 g/mol. The van der Waals surface area contributed by atoms with E-state index >= 15 is 0 Å². The maximum atomic E-state index is 13.2. The summed E-state index contributed by atoms with van der Waals surface area (Å²) in [6.45, 7) is 6.46. The van der Waals surface area contributed by atoms with Gasteiger partial charge in [0.25, 0.3) is 0 Å². The van der Waals surface area contributed by atoms with Gasteiger partial charge in [-0.3, -0.25) is 0 Å². The van der Waals surface area contributed by atoms with E-state index < -0.39 is 0 Å². The Kier molecular flexibility index (Phi) is 4.11. The summed E-state index contributed by atoms with van der Waals surface area (Å²) in [7, 11) is 0. The third kappa shape index (κ3) is 3.67. The van der Waals surface area contributed by atoms with Gasteiger partial charge >= 0.3 is 0 Å². The quantitative estimate of drug-likeness (QED) is 0.911. The second-order valence-electron chi connectivity index (χ2n) is 5.82. The highest BCUT2D eigenvalue weighted by Crippen LogP contribution is 2.31. The molecule has 1 saturated heterocycles. The maximum Gasteiger partial charge on any atom is 0.124 e. The minimum Gasteiger partial charge on any atom is -0.491 e. The largest absolute Gasteiger partial charge is 0.491 e. The molecule has 1 heterocycles. The summed E-state index contributed by atoms with van der Waals surface area (Å²) < 4.78 is 24.8. The molecule has 0 saturated carbocycles. The topological polar surface area (TPSA) is 44.5 Å². The molecule has 0 bridgehead atoms. The van der Waals surface area contributed by atoms with Gasteiger partial charge in [0, 0.05) is 11.6 Å². The Morgan fingerprint density at radius 1 is 1.53 bits per heavy atom. The summed E-state index contributed by atoms with van der Waals surface area (Å²) in [5.74, 6) is 0.350. The molecule has 1 aliphatic heterocycles. The van der Waals surface area contributed by atoms with E-state index in [9.17, 15) is 4.39 Å². The molecule has 1 aliphatic rings. The average molecular weight is 267 g/mol. The predicted molar refractivity (Wildman–Crippen MR) is 72.7 cm³/mol. The van der Waals surface area contributed by atoms with Crippen LogP contribution in [-0.2, 0) is 4.74 Å². The van der Waals surface area contributed by atoms with Gasteiger partial charge in [-0.1, -0.05) is 0 Å². The lowest BCUT2D eigenvalue weighted by molar-refractivity contribution is -0.0328. The smallest absolute Gasteiger partial charge is 0.124 e. The Morgan fingerprint density at radius 2 is 2.26 bits per heavy atom. The molecular weight excluding hydrogens is 245 g/mol. The molecule has 19 heavy (non-hydrogen) atoms. The number of nitrogens with two attached hydrogens (primary N) is 1. The number of hydrogen-bond acceptors (Lipinski definition) is 3. The van der Waals surface area contributed by atoms with Crippen molar-refractivity contribution in [2.75, 3.05) is 6.61 Å². The molecule has 1 aromatic rings. The van der Waals surface area contributed by atoms with Crippen LogP contribution in [0.25, 0.3) is 0 Å². The van der Waals surface area contributed by atoms with Crippen LogP contribution in [0.5, 0.6) is 5.75 Å². The van der Waals surface area contributed by atoms with Crippen LogP contribution in [-0.4, -0.2) is 18.3 Å². The van der Waals surface area contributed by atoms with Gasteiger partial charge < -0.3 is 15.2 Å². The van der Waals surface area contributed by atoms with Crippen LogP contribution >= 0.6 is 0 Å². The minimum atomic E-state index is -0.294. The zero-order valence-corrected chi connectivity index (χ0v) is 11.8. The SMILES string of the molecule is CC(N)c1cc(F)ccc1OCC1CCC(C)(C)O1. The van der Waals surface area contributed by atoms with E-state index in [1.54, 1.807) is 6.07 Å². The van der Waals surface area contributed by atoms with Crippen molar-refractivity contribution in [1.29, 1.82) is 0 Å². The van der Waals surface area contributed by atoms with E-state index in [1.807, 2.05) is 6.92 Å². The zero-order valence-electron chi connectivity index (χ0n) is 11.8. The third-order valence-electron chi connectivity index (χ3n) is 3.44. The molecular formula is C15H22FNO2. The van der Waals surface area contributed by atoms with Gasteiger partial charge in [0.2, 0.25) is 0 Å². The van der Waals surface area contributed by atoms with E-state index in [0.29, 0.717) is 17.9 Å². The lowest BCUT2D eigenvalue weighted by Crippen LogP contribution is -2.24. The fourth-order valence-electron chi connectivity index (χ4n) is 2.38. The van der Waals surface area contributed by atoms with Crippen LogP contribution in [0.1, 0.15) is 45.2 Å². The molecule has 1 aromatic carbocycles. The second-order valence-corrected chi connectivity index (χ2v) is 5.82. The maximum absolute atomic E-state index is 13.2. The molecule has 2 N–H and O–H groups in total. The van der Waals surface area contributed by atoms with Gasteiger partial charge in [-0.2, -0.15) is 0 Å². The highest BCUT2D eigenvalue weighted by Gasteiger charge is 2.32. The van der Waals surface area contributed by atoms with Gasteiger partial charge in [0.1, 0.15) is 18.2 Å². The van der Waals surface area contributed by atoms with Crippen LogP contribution in [0.3, 0.4) is 0 Å². The first kappa shape index (κ1) is 14.3. The molecule has 0 aromatic heterocycles. The van der Waals surface area contributed by atoms with Crippen molar-refractivity contribution in [3.8, 4) is 5.75 Å². The summed E-state index contributed by atoms with van der Waals surface area (Å²) in [6.07, 6.45) is 2.12. The van der Waals surface area contributed by atoms with Crippen molar-refractivity contribution in [2.45, 2.75) is 51.4 Å². The Hall–Kier alpha value is -1.13. The fraction of sp³-hybridized carbons (Fsp3) is 0.600. The molecule has 0 aliphatic carbocycles. The molecule has 2 rings (SSSR count). The van der Waals surface area contributed by atoms with E-state index in [-0.39, 0.29) is 23.6 Å². The number of halogens is 1. The summed E-state index contributed by atoms with van der Waals surface area (Å²) in [5, 5.41) is 0. The van der Waals surface area contributed by atoms with Gasteiger partial charge in [0.15, 0.2) is 0 Å². The van der Waals surface area contributed by atoms with Crippen molar-refractivity contribution in [2.24, 2.45) is 5.73 Å². The second kappa shape index (κ2) is 5.47. The Morgan fingerprint density at radius 3 is 2.84 bits per heavy atom. The molecule has 0 radical (unpaired) electrons. The zero-order chi connectivity index (χ0) is 14.0. The van der Waals surface area contributed by atoms with E-state index in [1.165, 1.54) is 12.1 Å². The standard InChI is InChI=1S/C15H22FNO2/c1-10(17)13-8-11(16)4-5-14(13)18-9-12-6-7-15(2,3)19-12/h4-5,8,10,12H,6-7,9,17H2,1-3H3. The number of ether oxygens (including phenoxy) is 2. The number of benzene rings is 1. The van der Waals surface area contributed by atoms with Gasteiger partial charge in [-0.25, -0.2) is 4.39 Å². The average Bonchev–Trinajstić information content (AvgIpc) is 2.67. The van der Waals surface area contributed by atoms with Crippen LogP contribution in [0, 0.1) is 5.82 Å². The minimum absolute atomic E-state index is 0.0686. The lowest BCUT2D eigenvalue weighted by atomic mass is 10.1. The third-order valence-corrected chi connectivity index (χ3v) is 3.44. The lowest BCUT2D eigenvalue weighted by Gasteiger charge is -2.20. The van der Waals surface area contributed by atoms with Crippen LogP contribution in [0.2, 0.25) is 0 Å². The molecule has 106 valence electrons. The van der Waals surface area contributed by atoms with Gasteiger partial charge in [0.05, 0.1) is 11.7 Å². The van der Waals surface area contributed by atoms with E-state index in [0.717, 1.165) is 12.8 Å². The van der Waals surface area contributed by atoms with Crippen molar-refractivity contribution in [1.82, 2.24) is 0 Å². The first-order valence-electron chi connectivity index (χ1n) is 6.73. The fourth-order valence-corrected chi connectivity index (χ4v) is 2.38. The van der Waals surface area contributed by atoms with Crippen LogP contribution in [0.4, 0.5) is 4.39 Å². The van der Waals surface area contributed by atoms with Crippen molar-refractivity contribution in [3.63, 3.8) is 0 Å².